The number of piperidine rings is 1. The first-order valence-electron chi connectivity index (χ1n) is 7.09. The van der Waals surface area contributed by atoms with Crippen molar-refractivity contribution in [3.8, 4) is 0 Å². The van der Waals surface area contributed by atoms with Crippen molar-refractivity contribution in [3.63, 3.8) is 0 Å². The van der Waals surface area contributed by atoms with Gasteiger partial charge >= 0.3 is 0 Å². The van der Waals surface area contributed by atoms with Crippen molar-refractivity contribution in [1.29, 1.82) is 0 Å². The molecule has 1 aromatic rings. The number of nitrogens with two attached hydrogens (primary N) is 1. The van der Waals surface area contributed by atoms with Crippen LogP contribution >= 0.6 is 12.2 Å². The van der Waals surface area contributed by atoms with Gasteiger partial charge in [0.05, 0.1) is 23.4 Å². The van der Waals surface area contributed by atoms with E-state index in [0.29, 0.717) is 11.5 Å². The van der Waals surface area contributed by atoms with Gasteiger partial charge in [-0.3, -0.25) is 4.79 Å². The number of rotatable bonds is 4. The molecule has 2 heterocycles. The summed E-state index contributed by atoms with van der Waals surface area (Å²) in [6.45, 7) is 6.59. The molecule has 0 spiro atoms. The van der Waals surface area contributed by atoms with E-state index in [-0.39, 0.29) is 11.5 Å². The summed E-state index contributed by atoms with van der Waals surface area (Å²) in [7, 11) is 0. The Hall–Kier alpha value is -1.43. The van der Waals surface area contributed by atoms with Crippen LogP contribution in [0.15, 0.2) is 17.1 Å². The van der Waals surface area contributed by atoms with E-state index in [1.54, 1.807) is 12.3 Å². The highest BCUT2D eigenvalue weighted by molar-refractivity contribution is 7.80. The standard InChI is InChI=1S/C14H22N4OS/c1-10-3-5-17(6-4-10)12-7-13(19)18(16-8-12)9-11(2)14(15)20/h7-8,10-11H,3-6,9H2,1-2H3,(H2,15,20). The summed E-state index contributed by atoms with van der Waals surface area (Å²) < 4.78 is 1.43. The molecule has 1 aliphatic heterocycles. The number of thiocarbonyl (C=S) groups is 1. The summed E-state index contributed by atoms with van der Waals surface area (Å²) in [4.78, 5) is 14.7. The molecule has 1 unspecified atom stereocenters. The van der Waals surface area contributed by atoms with Crippen LogP contribution in [0, 0.1) is 11.8 Å². The Morgan fingerprint density at radius 2 is 2.20 bits per heavy atom. The van der Waals surface area contributed by atoms with Crippen molar-refractivity contribution in [2.24, 2.45) is 17.6 Å². The fraction of sp³-hybridized carbons (Fsp3) is 0.643. The molecule has 6 heteroatoms. The highest BCUT2D eigenvalue weighted by Crippen LogP contribution is 2.20. The molecule has 5 nitrogen and oxygen atoms in total. The molecule has 0 radical (unpaired) electrons. The lowest BCUT2D eigenvalue weighted by Gasteiger charge is -2.31. The van der Waals surface area contributed by atoms with Gasteiger partial charge in [0, 0.05) is 25.1 Å². The lowest BCUT2D eigenvalue weighted by Crippen LogP contribution is -2.35. The van der Waals surface area contributed by atoms with E-state index >= 15 is 0 Å². The maximum absolute atomic E-state index is 12.1. The van der Waals surface area contributed by atoms with E-state index < -0.39 is 0 Å². The third-order valence-corrected chi connectivity index (χ3v) is 4.34. The maximum atomic E-state index is 12.1. The van der Waals surface area contributed by atoms with Crippen molar-refractivity contribution in [3.05, 3.63) is 22.6 Å². The predicted molar refractivity (Wildman–Crippen MR) is 85.1 cm³/mol. The predicted octanol–water partition coefficient (Wildman–Crippen LogP) is 1.40. The van der Waals surface area contributed by atoms with Gasteiger partial charge in [0.1, 0.15) is 0 Å². The molecule has 2 N–H and O–H groups in total. The summed E-state index contributed by atoms with van der Waals surface area (Å²) in [6.07, 6.45) is 4.10. The van der Waals surface area contributed by atoms with Crippen LogP contribution in [0.3, 0.4) is 0 Å². The van der Waals surface area contributed by atoms with Gasteiger partial charge in [0.25, 0.3) is 5.56 Å². The van der Waals surface area contributed by atoms with Crippen molar-refractivity contribution in [1.82, 2.24) is 9.78 Å². The van der Waals surface area contributed by atoms with E-state index in [1.165, 1.54) is 17.5 Å². The average Bonchev–Trinajstić information content (AvgIpc) is 2.41. The average molecular weight is 294 g/mol. The van der Waals surface area contributed by atoms with Gasteiger partial charge < -0.3 is 10.6 Å². The van der Waals surface area contributed by atoms with Crippen molar-refractivity contribution < 1.29 is 0 Å². The molecule has 1 atom stereocenters. The van der Waals surface area contributed by atoms with Gasteiger partial charge in [-0.25, -0.2) is 4.68 Å². The largest absolute Gasteiger partial charge is 0.393 e. The van der Waals surface area contributed by atoms with E-state index in [1.807, 2.05) is 6.92 Å². The van der Waals surface area contributed by atoms with Crippen LogP contribution < -0.4 is 16.2 Å². The minimum absolute atomic E-state index is 0.0307. The van der Waals surface area contributed by atoms with Gasteiger partial charge in [-0.2, -0.15) is 5.10 Å². The molecule has 1 aromatic heterocycles. The second-order valence-corrected chi connectivity index (χ2v) is 6.18. The van der Waals surface area contributed by atoms with Gasteiger partial charge in [-0.1, -0.05) is 26.1 Å². The zero-order valence-electron chi connectivity index (χ0n) is 12.1. The Balaban J connectivity index is 2.10. The van der Waals surface area contributed by atoms with Crippen LogP contribution in [0.5, 0.6) is 0 Å². The highest BCUT2D eigenvalue weighted by Gasteiger charge is 2.17. The van der Waals surface area contributed by atoms with Gasteiger partial charge in [-0.05, 0) is 18.8 Å². The normalized spacial score (nSPS) is 18.0. The molecule has 1 fully saturated rings. The van der Waals surface area contributed by atoms with Crippen molar-refractivity contribution in [2.75, 3.05) is 18.0 Å². The first-order valence-corrected chi connectivity index (χ1v) is 7.49. The number of aromatic nitrogens is 2. The summed E-state index contributed by atoms with van der Waals surface area (Å²) >= 11 is 4.93. The summed E-state index contributed by atoms with van der Waals surface area (Å²) in [6, 6.07) is 1.66. The van der Waals surface area contributed by atoms with Gasteiger partial charge in [0.2, 0.25) is 0 Å². The maximum Gasteiger partial charge on any atom is 0.268 e. The fourth-order valence-corrected chi connectivity index (χ4v) is 2.42. The van der Waals surface area contributed by atoms with E-state index in [9.17, 15) is 4.79 Å². The van der Waals surface area contributed by atoms with E-state index in [2.05, 4.69) is 16.9 Å². The van der Waals surface area contributed by atoms with Crippen LogP contribution in [0.4, 0.5) is 5.69 Å². The summed E-state index contributed by atoms with van der Waals surface area (Å²) in [5, 5.41) is 4.24. The Labute approximate surface area is 124 Å². The van der Waals surface area contributed by atoms with E-state index in [0.717, 1.165) is 24.7 Å². The zero-order chi connectivity index (χ0) is 14.7. The van der Waals surface area contributed by atoms with Crippen LogP contribution in [0.25, 0.3) is 0 Å². The van der Waals surface area contributed by atoms with Gasteiger partial charge in [0.15, 0.2) is 0 Å². The zero-order valence-corrected chi connectivity index (χ0v) is 12.9. The van der Waals surface area contributed by atoms with Crippen molar-refractivity contribution >= 4 is 22.9 Å². The first-order chi connectivity index (χ1) is 9.47. The van der Waals surface area contributed by atoms with Crippen LogP contribution in [-0.4, -0.2) is 27.9 Å². The highest BCUT2D eigenvalue weighted by atomic mass is 32.1. The van der Waals surface area contributed by atoms with Crippen LogP contribution in [0.1, 0.15) is 26.7 Å². The first kappa shape index (κ1) is 15.0. The number of hydrogen-bond acceptors (Lipinski definition) is 4. The molecule has 2 rings (SSSR count). The SMILES string of the molecule is CC1CCN(c2cnn(CC(C)C(N)=S)c(=O)c2)CC1. The topological polar surface area (TPSA) is 64.2 Å². The molecular weight excluding hydrogens is 272 g/mol. The van der Waals surface area contributed by atoms with Gasteiger partial charge in [-0.15, -0.1) is 0 Å². The molecule has 0 aromatic carbocycles. The quantitative estimate of drug-likeness (QED) is 0.851. The molecule has 20 heavy (non-hydrogen) atoms. The molecule has 1 aliphatic rings. The second kappa shape index (κ2) is 6.35. The second-order valence-electron chi connectivity index (χ2n) is 5.71. The Morgan fingerprint density at radius 3 is 2.75 bits per heavy atom. The minimum atomic E-state index is -0.0933. The fourth-order valence-electron chi connectivity index (χ4n) is 2.35. The molecule has 0 saturated carbocycles. The Bertz CT molecular complexity index is 534. The molecule has 0 aliphatic carbocycles. The molecule has 1 saturated heterocycles. The lowest BCUT2D eigenvalue weighted by atomic mass is 9.99. The molecule has 110 valence electrons. The summed E-state index contributed by atoms with van der Waals surface area (Å²) in [5.41, 5.74) is 6.40. The lowest BCUT2D eigenvalue weighted by molar-refractivity contribution is 0.437. The van der Waals surface area contributed by atoms with E-state index in [4.69, 9.17) is 18.0 Å². The summed E-state index contributed by atoms with van der Waals surface area (Å²) in [5.74, 6) is 0.739. The minimum Gasteiger partial charge on any atom is -0.393 e. The van der Waals surface area contributed by atoms with Crippen LogP contribution in [-0.2, 0) is 6.54 Å². The Morgan fingerprint density at radius 1 is 1.55 bits per heavy atom. The smallest absolute Gasteiger partial charge is 0.268 e. The van der Waals surface area contributed by atoms with Crippen molar-refractivity contribution in [2.45, 2.75) is 33.2 Å². The third kappa shape index (κ3) is 3.56. The number of anilines is 1. The Kier molecular flexibility index (Phi) is 4.75. The molecule has 0 amide bonds. The third-order valence-electron chi connectivity index (χ3n) is 3.94. The monoisotopic (exact) mass is 294 g/mol. The molecule has 0 bridgehead atoms. The molecular formula is C14H22N4OS. The van der Waals surface area contributed by atoms with Crippen LogP contribution in [0.2, 0.25) is 0 Å². The number of hydrogen-bond donors (Lipinski definition) is 1. The number of nitrogens with zero attached hydrogens (tertiary/aromatic N) is 3.